The predicted molar refractivity (Wildman–Crippen MR) is 65.0 cm³/mol. The molecule has 2 heteroatoms. The molecule has 2 nitrogen and oxygen atoms in total. The third-order valence-corrected chi connectivity index (χ3v) is 4.18. The molecule has 2 rings (SSSR count). The van der Waals surface area contributed by atoms with Gasteiger partial charge in [-0.25, -0.2) is 0 Å². The lowest BCUT2D eigenvalue weighted by molar-refractivity contribution is 0.127. The van der Waals surface area contributed by atoms with E-state index in [1.807, 2.05) is 0 Å². The average Bonchev–Trinajstić information content (AvgIpc) is 2.50. The second kappa shape index (κ2) is 4.42. The van der Waals surface area contributed by atoms with Crippen LogP contribution in [0, 0.1) is 11.8 Å². The smallest absolute Gasteiger partial charge is 0.0252 e. The fraction of sp³-hybridized carbons (Fsp3) is 1.00. The molecule has 2 atom stereocenters. The van der Waals surface area contributed by atoms with Crippen molar-refractivity contribution in [1.82, 2.24) is 10.2 Å². The Kier molecular flexibility index (Phi) is 3.36. The van der Waals surface area contributed by atoms with E-state index in [-0.39, 0.29) is 0 Å². The lowest BCUT2D eigenvalue weighted by Gasteiger charge is -2.40. The molecule has 2 unspecified atom stereocenters. The van der Waals surface area contributed by atoms with Crippen LogP contribution in [0.3, 0.4) is 0 Å². The maximum Gasteiger partial charge on any atom is 0.0252 e. The van der Waals surface area contributed by atoms with Crippen LogP contribution in [0.4, 0.5) is 0 Å². The van der Waals surface area contributed by atoms with Crippen LogP contribution in [0.5, 0.6) is 0 Å². The van der Waals surface area contributed by atoms with E-state index in [1.54, 1.807) is 0 Å². The Hall–Kier alpha value is -0.0800. The molecule has 1 saturated carbocycles. The van der Waals surface area contributed by atoms with Crippen LogP contribution in [-0.2, 0) is 0 Å². The van der Waals surface area contributed by atoms with E-state index in [4.69, 9.17) is 0 Å². The zero-order valence-corrected chi connectivity index (χ0v) is 10.6. The van der Waals surface area contributed by atoms with Crippen molar-refractivity contribution in [1.29, 1.82) is 0 Å². The largest absolute Gasteiger partial charge is 0.309 e. The molecule has 0 aromatic heterocycles. The van der Waals surface area contributed by atoms with Gasteiger partial charge in [0.1, 0.15) is 0 Å². The molecule has 0 bridgehead atoms. The van der Waals surface area contributed by atoms with Gasteiger partial charge in [0.05, 0.1) is 0 Å². The van der Waals surface area contributed by atoms with E-state index in [0.29, 0.717) is 5.54 Å². The number of nitrogens with zero attached hydrogens (tertiary/aromatic N) is 1. The lowest BCUT2D eigenvalue weighted by Crippen LogP contribution is -2.57. The first-order chi connectivity index (χ1) is 7.07. The molecule has 0 aromatic rings. The first-order valence-corrected chi connectivity index (χ1v) is 6.54. The molecule has 1 saturated heterocycles. The van der Waals surface area contributed by atoms with Crippen LogP contribution in [0.25, 0.3) is 0 Å². The summed E-state index contributed by atoms with van der Waals surface area (Å²) in [5.41, 5.74) is 0.320. The third kappa shape index (κ3) is 2.94. The standard InChI is InChI=1S/C13H26N2/c1-11-5-4-6-12(11)9-15-8-7-14-13(2,3)10-15/h11-12,14H,4-10H2,1-3H3. The Labute approximate surface area is 94.4 Å². The third-order valence-electron chi connectivity index (χ3n) is 4.18. The van der Waals surface area contributed by atoms with E-state index >= 15 is 0 Å². The van der Waals surface area contributed by atoms with E-state index in [2.05, 4.69) is 31.0 Å². The van der Waals surface area contributed by atoms with Gasteiger partial charge in [-0.05, 0) is 32.1 Å². The average molecular weight is 210 g/mol. The SMILES string of the molecule is CC1CCCC1CN1CCNC(C)(C)C1. The Morgan fingerprint density at radius 3 is 2.73 bits per heavy atom. The van der Waals surface area contributed by atoms with Crippen LogP contribution >= 0.6 is 0 Å². The summed E-state index contributed by atoms with van der Waals surface area (Å²) in [6.45, 7) is 12.0. The van der Waals surface area contributed by atoms with Gasteiger partial charge in [0, 0.05) is 31.7 Å². The number of hydrogen-bond acceptors (Lipinski definition) is 2. The van der Waals surface area contributed by atoms with Crippen molar-refractivity contribution < 1.29 is 0 Å². The zero-order valence-electron chi connectivity index (χ0n) is 10.6. The number of nitrogens with one attached hydrogen (secondary N) is 1. The molecule has 2 fully saturated rings. The molecule has 1 heterocycles. The van der Waals surface area contributed by atoms with Gasteiger partial charge in [-0.1, -0.05) is 19.8 Å². The molecule has 0 aromatic carbocycles. The summed E-state index contributed by atoms with van der Waals surface area (Å²) >= 11 is 0. The maximum atomic E-state index is 3.58. The second-order valence-corrected chi connectivity index (χ2v) is 6.21. The van der Waals surface area contributed by atoms with E-state index in [9.17, 15) is 0 Å². The summed E-state index contributed by atoms with van der Waals surface area (Å²) < 4.78 is 0. The Balaban J connectivity index is 1.83. The van der Waals surface area contributed by atoms with Crippen LogP contribution in [0.2, 0.25) is 0 Å². The van der Waals surface area contributed by atoms with E-state index < -0.39 is 0 Å². The highest BCUT2D eigenvalue weighted by atomic mass is 15.2. The molecule has 1 N–H and O–H groups in total. The zero-order chi connectivity index (χ0) is 10.9. The topological polar surface area (TPSA) is 15.3 Å². The molecule has 1 aliphatic carbocycles. The molecule has 0 amide bonds. The predicted octanol–water partition coefficient (Wildman–Crippen LogP) is 2.11. The summed E-state index contributed by atoms with van der Waals surface area (Å²) in [5.74, 6) is 1.93. The fourth-order valence-electron chi connectivity index (χ4n) is 3.23. The number of piperazine rings is 1. The Morgan fingerprint density at radius 2 is 2.13 bits per heavy atom. The van der Waals surface area contributed by atoms with Gasteiger partial charge in [-0.3, -0.25) is 4.90 Å². The van der Waals surface area contributed by atoms with E-state index in [1.165, 1.54) is 38.9 Å². The normalized spacial score (nSPS) is 37.0. The highest BCUT2D eigenvalue weighted by Gasteiger charge is 2.30. The second-order valence-electron chi connectivity index (χ2n) is 6.21. The highest BCUT2D eigenvalue weighted by molar-refractivity contribution is 4.88. The van der Waals surface area contributed by atoms with Crippen LogP contribution < -0.4 is 5.32 Å². The first kappa shape index (κ1) is 11.4. The molecular weight excluding hydrogens is 184 g/mol. The van der Waals surface area contributed by atoms with Gasteiger partial charge >= 0.3 is 0 Å². The Morgan fingerprint density at radius 1 is 1.33 bits per heavy atom. The molecule has 0 spiro atoms. The molecule has 15 heavy (non-hydrogen) atoms. The van der Waals surface area contributed by atoms with Gasteiger partial charge < -0.3 is 5.32 Å². The van der Waals surface area contributed by atoms with Gasteiger partial charge in [0.15, 0.2) is 0 Å². The number of rotatable bonds is 2. The monoisotopic (exact) mass is 210 g/mol. The van der Waals surface area contributed by atoms with Crippen LogP contribution in [0.1, 0.15) is 40.0 Å². The van der Waals surface area contributed by atoms with Crippen molar-refractivity contribution in [3.63, 3.8) is 0 Å². The highest BCUT2D eigenvalue weighted by Crippen LogP contribution is 2.32. The van der Waals surface area contributed by atoms with Gasteiger partial charge in [-0.15, -0.1) is 0 Å². The maximum absolute atomic E-state index is 3.58. The summed E-state index contributed by atoms with van der Waals surface area (Å²) in [6, 6.07) is 0. The van der Waals surface area contributed by atoms with Crippen molar-refractivity contribution in [2.24, 2.45) is 11.8 Å². The summed E-state index contributed by atoms with van der Waals surface area (Å²) in [4.78, 5) is 2.67. The van der Waals surface area contributed by atoms with Gasteiger partial charge in [0.2, 0.25) is 0 Å². The quantitative estimate of drug-likeness (QED) is 0.751. The minimum Gasteiger partial charge on any atom is -0.309 e. The first-order valence-electron chi connectivity index (χ1n) is 6.54. The molecular formula is C13H26N2. The molecule has 2 aliphatic rings. The van der Waals surface area contributed by atoms with Crippen molar-refractivity contribution >= 4 is 0 Å². The summed E-state index contributed by atoms with van der Waals surface area (Å²) in [7, 11) is 0. The number of hydrogen-bond donors (Lipinski definition) is 1. The Bertz CT molecular complexity index is 213. The minimum absolute atomic E-state index is 0.320. The van der Waals surface area contributed by atoms with Crippen molar-refractivity contribution in [2.75, 3.05) is 26.2 Å². The molecule has 0 radical (unpaired) electrons. The summed E-state index contributed by atoms with van der Waals surface area (Å²) in [5, 5.41) is 3.58. The van der Waals surface area contributed by atoms with E-state index in [0.717, 1.165) is 18.4 Å². The van der Waals surface area contributed by atoms with Gasteiger partial charge in [0.25, 0.3) is 0 Å². The van der Waals surface area contributed by atoms with Crippen molar-refractivity contribution in [3.05, 3.63) is 0 Å². The van der Waals surface area contributed by atoms with Crippen LogP contribution in [0.15, 0.2) is 0 Å². The van der Waals surface area contributed by atoms with Crippen molar-refractivity contribution in [3.8, 4) is 0 Å². The molecule has 1 aliphatic heterocycles. The minimum atomic E-state index is 0.320. The summed E-state index contributed by atoms with van der Waals surface area (Å²) in [6.07, 6.45) is 4.38. The van der Waals surface area contributed by atoms with Crippen molar-refractivity contribution in [2.45, 2.75) is 45.6 Å². The molecule has 88 valence electrons. The van der Waals surface area contributed by atoms with Crippen LogP contribution in [-0.4, -0.2) is 36.6 Å². The lowest BCUT2D eigenvalue weighted by atomic mass is 9.95. The van der Waals surface area contributed by atoms with Gasteiger partial charge in [-0.2, -0.15) is 0 Å². The fourth-order valence-corrected chi connectivity index (χ4v) is 3.23.